The quantitative estimate of drug-likeness (QED) is 0.418. The molecule has 1 aromatic heterocycles. The van der Waals surface area contributed by atoms with Gasteiger partial charge in [0.05, 0.1) is 17.9 Å². The number of rotatable bonds is 5. The Kier molecular flexibility index (Phi) is 5.25. The molecule has 4 rings (SSSR count). The molecule has 0 aliphatic rings. The Morgan fingerprint density at radius 3 is 2.54 bits per heavy atom. The fourth-order valence-corrected chi connectivity index (χ4v) is 3.43. The first kappa shape index (κ1) is 18.4. The summed E-state index contributed by atoms with van der Waals surface area (Å²) < 4.78 is 6.37. The van der Waals surface area contributed by atoms with Crippen molar-refractivity contribution in [3.63, 3.8) is 0 Å². The van der Waals surface area contributed by atoms with E-state index in [0.717, 1.165) is 20.5 Å². The van der Waals surface area contributed by atoms with E-state index in [0.29, 0.717) is 23.4 Å². The van der Waals surface area contributed by atoms with Gasteiger partial charge in [-0.25, -0.2) is 0 Å². The number of amides is 1. The Balaban J connectivity index is 1.58. The van der Waals surface area contributed by atoms with Crippen LogP contribution in [0.15, 0.2) is 66.7 Å². The molecule has 0 saturated carbocycles. The zero-order valence-corrected chi connectivity index (χ0v) is 17.3. The van der Waals surface area contributed by atoms with E-state index in [-0.39, 0.29) is 5.91 Å². The van der Waals surface area contributed by atoms with Gasteiger partial charge in [0.25, 0.3) is 5.91 Å². The second-order valence-electron chi connectivity index (χ2n) is 6.05. The summed E-state index contributed by atoms with van der Waals surface area (Å²) >= 11 is 2.15. The van der Waals surface area contributed by atoms with Gasteiger partial charge in [-0.15, -0.1) is 10.2 Å². The van der Waals surface area contributed by atoms with E-state index in [1.807, 2.05) is 67.6 Å². The first-order valence-corrected chi connectivity index (χ1v) is 9.88. The molecule has 28 heavy (non-hydrogen) atoms. The highest BCUT2D eigenvalue weighted by Gasteiger charge is 2.11. The normalized spacial score (nSPS) is 10.8. The number of halogens is 1. The second kappa shape index (κ2) is 7.97. The highest BCUT2D eigenvalue weighted by Crippen LogP contribution is 2.20. The standard InChI is InChI=1S/C21H17IN4O2/c1-2-28-16-10-8-15(9-11-16)26-24-19-12-7-14(13-20(19)25-26)23-21(27)17-5-3-4-6-18(17)22/h3-13H,2H2,1H3,(H,23,27). The third-order valence-corrected chi connectivity index (χ3v) is 5.08. The van der Waals surface area contributed by atoms with E-state index in [1.165, 1.54) is 0 Å². The summed E-state index contributed by atoms with van der Waals surface area (Å²) in [4.78, 5) is 14.1. The molecule has 4 aromatic rings. The molecule has 0 aliphatic carbocycles. The van der Waals surface area contributed by atoms with Gasteiger partial charge in [0.15, 0.2) is 0 Å². The van der Waals surface area contributed by atoms with Gasteiger partial charge in [0.2, 0.25) is 0 Å². The molecule has 0 saturated heterocycles. The fraction of sp³-hybridized carbons (Fsp3) is 0.0952. The first-order chi connectivity index (χ1) is 13.6. The third-order valence-electron chi connectivity index (χ3n) is 4.14. The van der Waals surface area contributed by atoms with Crippen LogP contribution in [0.5, 0.6) is 5.75 Å². The minimum Gasteiger partial charge on any atom is -0.494 e. The minimum atomic E-state index is -0.150. The SMILES string of the molecule is CCOc1ccc(-n2nc3ccc(NC(=O)c4ccccc4I)cc3n2)cc1. The number of aromatic nitrogens is 3. The minimum absolute atomic E-state index is 0.150. The molecule has 1 N–H and O–H groups in total. The van der Waals surface area contributed by atoms with Crippen molar-refractivity contribution in [1.82, 2.24) is 15.0 Å². The van der Waals surface area contributed by atoms with Crippen molar-refractivity contribution in [2.75, 3.05) is 11.9 Å². The van der Waals surface area contributed by atoms with Gasteiger partial charge < -0.3 is 10.1 Å². The molecule has 1 amide bonds. The highest BCUT2D eigenvalue weighted by atomic mass is 127. The topological polar surface area (TPSA) is 69.0 Å². The molecule has 0 radical (unpaired) electrons. The summed E-state index contributed by atoms with van der Waals surface area (Å²) in [7, 11) is 0. The molecule has 0 spiro atoms. The van der Waals surface area contributed by atoms with Crippen LogP contribution in [0.4, 0.5) is 5.69 Å². The Hall–Kier alpha value is -2.94. The molecule has 0 aliphatic heterocycles. The molecule has 0 unspecified atom stereocenters. The summed E-state index contributed by atoms with van der Waals surface area (Å²) in [5.41, 5.74) is 3.61. The van der Waals surface area contributed by atoms with E-state index in [9.17, 15) is 4.79 Å². The zero-order valence-electron chi connectivity index (χ0n) is 15.1. The van der Waals surface area contributed by atoms with Crippen LogP contribution in [-0.4, -0.2) is 27.5 Å². The van der Waals surface area contributed by atoms with Gasteiger partial charge in [-0.2, -0.15) is 4.80 Å². The number of fused-ring (bicyclic) bond motifs is 1. The smallest absolute Gasteiger partial charge is 0.256 e. The zero-order chi connectivity index (χ0) is 19.5. The van der Waals surface area contributed by atoms with Gasteiger partial charge in [0, 0.05) is 9.26 Å². The Morgan fingerprint density at radius 1 is 1.04 bits per heavy atom. The van der Waals surface area contributed by atoms with E-state index in [2.05, 4.69) is 38.1 Å². The largest absolute Gasteiger partial charge is 0.494 e. The molecule has 0 bridgehead atoms. The first-order valence-electron chi connectivity index (χ1n) is 8.80. The Labute approximate surface area is 175 Å². The average Bonchev–Trinajstić information content (AvgIpc) is 3.12. The van der Waals surface area contributed by atoms with Crippen LogP contribution in [0.1, 0.15) is 17.3 Å². The maximum absolute atomic E-state index is 12.5. The lowest BCUT2D eigenvalue weighted by Gasteiger charge is -2.06. The van der Waals surface area contributed by atoms with E-state index in [1.54, 1.807) is 10.9 Å². The lowest BCUT2D eigenvalue weighted by atomic mass is 10.2. The number of nitrogens with one attached hydrogen (secondary N) is 1. The van der Waals surface area contributed by atoms with Gasteiger partial charge in [-0.05, 0) is 84.1 Å². The van der Waals surface area contributed by atoms with Crippen LogP contribution in [-0.2, 0) is 0 Å². The van der Waals surface area contributed by atoms with Crippen molar-refractivity contribution in [1.29, 1.82) is 0 Å². The number of hydrogen-bond donors (Lipinski definition) is 1. The van der Waals surface area contributed by atoms with Crippen molar-refractivity contribution in [3.8, 4) is 11.4 Å². The number of carbonyl (C=O) groups excluding carboxylic acids is 1. The summed E-state index contributed by atoms with van der Waals surface area (Å²) in [6.07, 6.45) is 0. The maximum Gasteiger partial charge on any atom is 0.256 e. The molecule has 0 fully saturated rings. The number of ether oxygens (including phenoxy) is 1. The molecule has 0 atom stereocenters. The summed E-state index contributed by atoms with van der Waals surface area (Å²) in [6.45, 7) is 2.57. The molecule has 3 aromatic carbocycles. The van der Waals surface area contributed by atoms with Crippen molar-refractivity contribution in [3.05, 3.63) is 75.9 Å². The van der Waals surface area contributed by atoms with Crippen molar-refractivity contribution < 1.29 is 9.53 Å². The molecule has 1 heterocycles. The van der Waals surface area contributed by atoms with Crippen molar-refractivity contribution in [2.45, 2.75) is 6.92 Å². The molecular weight excluding hydrogens is 467 g/mol. The van der Waals surface area contributed by atoms with Crippen LogP contribution in [0, 0.1) is 3.57 Å². The highest BCUT2D eigenvalue weighted by molar-refractivity contribution is 14.1. The summed E-state index contributed by atoms with van der Waals surface area (Å²) in [5.74, 6) is 0.659. The van der Waals surface area contributed by atoms with E-state index >= 15 is 0 Å². The van der Waals surface area contributed by atoms with Gasteiger partial charge in [-0.3, -0.25) is 4.79 Å². The predicted octanol–water partition coefficient (Wildman–Crippen LogP) is 4.68. The summed E-state index contributed by atoms with van der Waals surface area (Å²) in [5, 5.41) is 12.0. The van der Waals surface area contributed by atoms with Crippen LogP contribution >= 0.6 is 22.6 Å². The molecule has 140 valence electrons. The van der Waals surface area contributed by atoms with Crippen LogP contribution in [0.2, 0.25) is 0 Å². The second-order valence-corrected chi connectivity index (χ2v) is 7.22. The van der Waals surface area contributed by atoms with Crippen LogP contribution < -0.4 is 10.1 Å². The number of nitrogens with zero attached hydrogens (tertiary/aromatic N) is 3. The number of carbonyl (C=O) groups is 1. The van der Waals surface area contributed by atoms with Gasteiger partial charge in [0.1, 0.15) is 16.8 Å². The van der Waals surface area contributed by atoms with Crippen molar-refractivity contribution >= 4 is 45.2 Å². The number of benzene rings is 3. The molecular formula is C21H17IN4O2. The average molecular weight is 484 g/mol. The number of hydrogen-bond acceptors (Lipinski definition) is 4. The fourth-order valence-electron chi connectivity index (χ4n) is 2.79. The lowest BCUT2D eigenvalue weighted by molar-refractivity contribution is 0.102. The summed E-state index contributed by atoms with van der Waals surface area (Å²) in [6, 6.07) is 20.5. The predicted molar refractivity (Wildman–Crippen MR) is 117 cm³/mol. The van der Waals surface area contributed by atoms with Crippen molar-refractivity contribution in [2.24, 2.45) is 0 Å². The molecule has 6 nitrogen and oxygen atoms in total. The van der Waals surface area contributed by atoms with Gasteiger partial charge >= 0.3 is 0 Å². The monoisotopic (exact) mass is 484 g/mol. The number of anilines is 1. The molecule has 7 heteroatoms. The maximum atomic E-state index is 12.5. The van der Waals surface area contributed by atoms with Gasteiger partial charge in [-0.1, -0.05) is 12.1 Å². The Bertz CT molecular complexity index is 1140. The Morgan fingerprint density at radius 2 is 1.79 bits per heavy atom. The van der Waals surface area contributed by atoms with E-state index < -0.39 is 0 Å². The van der Waals surface area contributed by atoms with Crippen LogP contribution in [0.25, 0.3) is 16.7 Å². The third kappa shape index (κ3) is 3.84. The van der Waals surface area contributed by atoms with E-state index in [4.69, 9.17) is 4.74 Å². The van der Waals surface area contributed by atoms with Crippen LogP contribution in [0.3, 0.4) is 0 Å². The lowest BCUT2D eigenvalue weighted by Crippen LogP contribution is -2.13.